The molecule has 0 aliphatic heterocycles. The number of para-hydroxylation sites is 1. The molecule has 0 fully saturated rings. The number of hydrogen-bond donors (Lipinski definition) is 1. The first-order valence-corrected chi connectivity index (χ1v) is 10.4. The molecule has 9 heteroatoms. The maximum absolute atomic E-state index is 14.6. The van der Waals surface area contributed by atoms with Gasteiger partial charge in [-0.2, -0.15) is 0 Å². The fourth-order valence-corrected chi connectivity index (χ4v) is 3.74. The Morgan fingerprint density at radius 3 is 2.55 bits per heavy atom. The first-order valence-electron chi connectivity index (χ1n) is 9.41. The van der Waals surface area contributed by atoms with Gasteiger partial charge in [-0.3, -0.25) is 9.36 Å². The van der Waals surface area contributed by atoms with Gasteiger partial charge in [0.1, 0.15) is 23.9 Å². The number of hydrogen-bond acceptors (Lipinski definition) is 6. The van der Waals surface area contributed by atoms with Crippen LogP contribution in [-0.4, -0.2) is 38.4 Å². The van der Waals surface area contributed by atoms with E-state index in [1.807, 2.05) is 0 Å². The van der Waals surface area contributed by atoms with E-state index in [-0.39, 0.29) is 23.8 Å². The van der Waals surface area contributed by atoms with Crippen LogP contribution < -0.4 is 9.47 Å². The molecule has 0 bridgehead atoms. The predicted molar refractivity (Wildman–Crippen MR) is 114 cm³/mol. The zero-order chi connectivity index (χ0) is 21.6. The van der Waals surface area contributed by atoms with E-state index >= 15 is 0 Å². The van der Waals surface area contributed by atoms with Crippen LogP contribution in [0.2, 0.25) is 0 Å². The quantitative estimate of drug-likeness (QED) is 0.310. The van der Waals surface area contributed by atoms with Crippen molar-refractivity contribution in [3.05, 3.63) is 84.2 Å². The van der Waals surface area contributed by atoms with E-state index in [2.05, 4.69) is 15.2 Å². The molecule has 2 aromatic carbocycles. The van der Waals surface area contributed by atoms with Gasteiger partial charge >= 0.3 is 0 Å². The highest BCUT2D eigenvalue weighted by atomic mass is 32.2. The Morgan fingerprint density at radius 2 is 1.84 bits per heavy atom. The first-order chi connectivity index (χ1) is 15.2. The lowest BCUT2D eigenvalue weighted by Gasteiger charge is -2.12. The van der Waals surface area contributed by atoms with E-state index in [4.69, 9.17) is 9.47 Å². The lowest BCUT2D eigenvalue weighted by molar-refractivity contribution is 0.101. The van der Waals surface area contributed by atoms with Gasteiger partial charge < -0.3 is 14.5 Å². The van der Waals surface area contributed by atoms with Crippen LogP contribution in [0.1, 0.15) is 16.3 Å². The number of aromatic amines is 1. The molecule has 0 spiro atoms. The summed E-state index contributed by atoms with van der Waals surface area (Å²) < 4.78 is 27.1. The Hall–Kier alpha value is -3.59. The van der Waals surface area contributed by atoms with Crippen molar-refractivity contribution in [3.8, 4) is 17.2 Å². The summed E-state index contributed by atoms with van der Waals surface area (Å²) in [6.45, 7) is 0.0683. The van der Waals surface area contributed by atoms with Crippen LogP contribution in [0.4, 0.5) is 4.39 Å². The number of nitrogens with zero attached hydrogens (tertiary/aromatic N) is 3. The number of rotatable bonds is 9. The summed E-state index contributed by atoms with van der Waals surface area (Å²) in [5.74, 6) is 1.36. The Labute approximate surface area is 182 Å². The SMILES string of the molecule is COc1ccc(OCc2nnc(SCC(=O)c3ccc[nH]3)n2-c2ccccc2F)cc1. The van der Waals surface area contributed by atoms with Crippen LogP contribution in [0, 0.1) is 5.82 Å². The van der Waals surface area contributed by atoms with E-state index in [9.17, 15) is 9.18 Å². The average molecular weight is 438 g/mol. The summed E-state index contributed by atoms with van der Waals surface area (Å²) in [6, 6.07) is 16.9. The Balaban J connectivity index is 1.57. The highest BCUT2D eigenvalue weighted by molar-refractivity contribution is 7.99. The second kappa shape index (κ2) is 9.48. The summed E-state index contributed by atoms with van der Waals surface area (Å²) in [4.78, 5) is 15.2. The maximum atomic E-state index is 14.6. The number of halogens is 1. The van der Waals surface area contributed by atoms with E-state index < -0.39 is 5.82 Å². The van der Waals surface area contributed by atoms with Gasteiger partial charge in [-0.25, -0.2) is 4.39 Å². The van der Waals surface area contributed by atoms with Crippen LogP contribution in [0.5, 0.6) is 11.5 Å². The second-order valence-electron chi connectivity index (χ2n) is 6.45. The standard InChI is InChI=1S/C22H19FN4O3S/c1-29-15-8-10-16(11-9-15)30-13-21-25-26-22(27(21)19-7-3-2-5-17(19)23)31-14-20(28)18-6-4-12-24-18/h2-12,24H,13-14H2,1H3. The average Bonchev–Trinajstić information content (AvgIpc) is 3.47. The highest BCUT2D eigenvalue weighted by Crippen LogP contribution is 2.26. The first kappa shape index (κ1) is 20.7. The maximum Gasteiger partial charge on any atom is 0.196 e. The van der Waals surface area contributed by atoms with Gasteiger partial charge in [-0.1, -0.05) is 23.9 Å². The van der Waals surface area contributed by atoms with Crippen molar-refractivity contribution in [2.75, 3.05) is 12.9 Å². The molecule has 0 radical (unpaired) electrons. The number of nitrogens with one attached hydrogen (secondary N) is 1. The van der Waals surface area contributed by atoms with Gasteiger partial charge in [0.25, 0.3) is 0 Å². The van der Waals surface area contributed by atoms with E-state index in [0.29, 0.717) is 28.2 Å². The third-order valence-corrected chi connectivity index (χ3v) is 5.38. The normalized spacial score (nSPS) is 10.8. The van der Waals surface area contributed by atoms with Crippen LogP contribution >= 0.6 is 11.8 Å². The molecular formula is C22H19FN4O3S. The molecule has 0 saturated heterocycles. The minimum Gasteiger partial charge on any atom is -0.497 e. The van der Waals surface area contributed by atoms with E-state index in [1.165, 1.54) is 17.8 Å². The molecule has 4 aromatic rings. The fourth-order valence-electron chi connectivity index (χ4n) is 2.89. The minimum atomic E-state index is -0.425. The molecule has 0 unspecified atom stereocenters. The van der Waals surface area contributed by atoms with E-state index in [1.54, 1.807) is 72.5 Å². The molecule has 2 aromatic heterocycles. The van der Waals surface area contributed by atoms with Crippen molar-refractivity contribution in [1.82, 2.24) is 19.7 Å². The summed E-state index contributed by atoms with van der Waals surface area (Å²) >= 11 is 1.19. The molecule has 7 nitrogen and oxygen atoms in total. The highest BCUT2D eigenvalue weighted by Gasteiger charge is 2.19. The Morgan fingerprint density at radius 1 is 1.06 bits per heavy atom. The molecule has 0 aliphatic rings. The number of thioether (sulfide) groups is 1. The molecule has 0 saturated carbocycles. The van der Waals surface area contributed by atoms with Crippen molar-refractivity contribution in [2.24, 2.45) is 0 Å². The molecule has 31 heavy (non-hydrogen) atoms. The monoisotopic (exact) mass is 438 g/mol. The zero-order valence-corrected chi connectivity index (χ0v) is 17.4. The zero-order valence-electron chi connectivity index (χ0n) is 16.6. The molecule has 0 atom stereocenters. The lowest BCUT2D eigenvalue weighted by atomic mass is 10.3. The minimum absolute atomic E-state index is 0.0683. The van der Waals surface area contributed by atoms with Crippen molar-refractivity contribution in [1.29, 1.82) is 0 Å². The summed E-state index contributed by atoms with van der Waals surface area (Å²) in [5, 5.41) is 8.75. The van der Waals surface area contributed by atoms with Gasteiger partial charge in [0.2, 0.25) is 0 Å². The molecule has 0 amide bonds. The van der Waals surface area contributed by atoms with Crippen molar-refractivity contribution >= 4 is 17.5 Å². The van der Waals surface area contributed by atoms with Gasteiger partial charge in [0.05, 0.1) is 24.2 Å². The van der Waals surface area contributed by atoms with Gasteiger partial charge in [0.15, 0.2) is 16.8 Å². The lowest BCUT2D eigenvalue weighted by Crippen LogP contribution is -2.09. The Bertz CT molecular complexity index is 1160. The van der Waals surface area contributed by atoms with Crippen molar-refractivity contribution in [2.45, 2.75) is 11.8 Å². The summed E-state index contributed by atoms with van der Waals surface area (Å²) in [7, 11) is 1.59. The summed E-state index contributed by atoms with van der Waals surface area (Å²) in [6.07, 6.45) is 1.69. The fraction of sp³-hybridized carbons (Fsp3) is 0.136. The van der Waals surface area contributed by atoms with Crippen LogP contribution in [0.15, 0.2) is 72.0 Å². The van der Waals surface area contributed by atoms with Crippen LogP contribution in [0.3, 0.4) is 0 Å². The van der Waals surface area contributed by atoms with Crippen molar-refractivity contribution in [3.63, 3.8) is 0 Å². The predicted octanol–water partition coefficient (Wildman–Crippen LogP) is 4.30. The number of ether oxygens (including phenoxy) is 2. The Kier molecular flexibility index (Phi) is 6.32. The number of H-pyrrole nitrogens is 1. The number of aromatic nitrogens is 4. The molecule has 158 valence electrons. The van der Waals surface area contributed by atoms with Crippen LogP contribution in [-0.2, 0) is 6.61 Å². The number of carbonyl (C=O) groups excluding carboxylic acids is 1. The van der Waals surface area contributed by atoms with Gasteiger partial charge in [-0.05, 0) is 48.5 Å². The van der Waals surface area contributed by atoms with Gasteiger partial charge in [0, 0.05) is 6.20 Å². The second-order valence-corrected chi connectivity index (χ2v) is 7.39. The topological polar surface area (TPSA) is 82.0 Å². The summed E-state index contributed by atoms with van der Waals surface area (Å²) in [5.41, 5.74) is 0.795. The molecular weight excluding hydrogens is 419 g/mol. The van der Waals surface area contributed by atoms with E-state index in [0.717, 1.165) is 0 Å². The van der Waals surface area contributed by atoms with Crippen molar-refractivity contribution < 1.29 is 18.7 Å². The number of Topliss-reactive ketones (excluding diaryl/α,β-unsaturated/α-hetero) is 1. The third kappa shape index (κ3) is 4.77. The molecule has 2 heterocycles. The van der Waals surface area contributed by atoms with Crippen LogP contribution in [0.25, 0.3) is 5.69 Å². The third-order valence-electron chi connectivity index (χ3n) is 4.45. The number of ketones is 1. The number of methoxy groups -OCH3 is 1. The smallest absolute Gasteiger partial charge is 0.196 e. The number of benzene rings is 2. The molecule has 1 N–H and O–H groups in total. The van der Waals surface area contributed by atoms with Gasteiger partial charge in [-0.15, -0.1) is 10.2 Å². The number of carbonyl (C=O) groups is 1. The molecule has 4 rings (SSSR count). The largest absolute Gasteiger partial charge is 0.497 e. The molecule has 0 aliphatic carbocycles.